The number of aliphatic hydroxyl groups is 1. The van der Waals surface area contributed by atoms with E-state index in [2.05, 4.69) is 9.97 Å². The number of H-pyrrole nitrogens is 1. The summed E-state index contributed by atoms with van der Waals surface area (Å²) in [6.07, 6.45) is 2.81. The molecule has 4 nitrogen and oxygen atoms in total. The maximum Gasteiger partial charge on any atom is 0.137 e. The van der Waals surface area contributed by atoms with Gasteiger partial charge in [-0.2, -0.15) is 0 Å². The quantitative estimate of drug-likeness (QED) is 0.559. The minimum Gasteiger partial charge on any atom is -0.489 e. The van der Waals surface area contributed by atoms with Crippen LogP contribution in [0.5, 0.6) is 5.75 Å². The van der Waals surface area contributed by atoms with Crippen molar-refractivity contribution in [1.82, 2.24) is 9.97 Å². The van der Waals surface area contributed by atoms with Crippen molar-refractivity contribution < 1.29 is 9.84 Å². The molecule has 1 unspecified atom stereocenters. The standard InChI is InChI=1S/C22H20N2O2/c1-15-17(21(25)19-13-24-22-18(19)10-6-12-23-22)9-5-11-20(15)26-14-16-7-3-2-4-8-16/h2-13,21,25H,14H2,1H3,(H,23,24). The SMILES string of the molecule is Cc1c(OCc2ccccc2)cccc1C(O)c1c[nH]c2ncccc12. The Kier molecular flexibility index (Phi) is 4.42. The van der Waals surface area contributed by atoms with E-state index in [0.29, 0.717) is 6.61 Å². The molecule has 0 radical (unpaired) electrons. The lowest BCUT2D eigenvalue weighted by molar-refractivity contribution is 0.219. The summed E-state index contributed by atoms with van der Waals surface area (Å²) in [5.41, 5.74) is 4.47. The van der Waals surface area contributed by atoms with Gasteiger partial charge in [-0.15, -0.1) is 0 Å². The summed E-state index contributed by atoms with van der Waals surface area (Å²) in [6.45, 7) is 2.48. The molecule has 26 heavy (non-hydrogen) atoms. The zero-order chi connectivity index (χ0) is 17.9. The van der Waals surface area contributed by atoms with Crippen LogP contribution in [-0.2, 0) is 6.61 Å². The van der Waals surface area contributed by atoms with E-state index in [1.54, 1.807) is 6.20 Å². The minimum atomic E-state index is -0.742. The molecule has 0 saturated heterocycles. The molecule has 1 atom stereocenters. The summed E-state index contributed by atoms with van der Waals surface area (Å²) in [5.74, 6) is 0.781. The van der Waals surface area contributed by atoms with Crippen molar-refractivity contribution >= 4 is 11.0 Å². The normalized spacial score (nSPS) is 12.2. The Morgan fingerprint density at radius 2 is 1.85 bits per heavy atom. The molecule has 0 aliphatic rings. The van der Waals surface area contributed by atoms with Gasteiger partial charge in [0.05, 0.1) is 0 Å². The van der Waals surface area contributed by atoms with Crippen LogP contribution in [0.15, 0.2) is 73.1 Å². The topological polar surface area (TPSA) is 58.1 Å². The van der Waals surface area contributed by atoms with E-state index >= 15 is 0 Å². The molecule has 0 aliphatic heterocycles. The highest BCUT2D eigenvalue weighted by molar-refractivity contribution is 5.80. The number of hydrogen-bond acceptors (Lipinski definition) is 3. The predicted molar refractivity (Wildman–Crippen MR) is 102 cm³/mol. The molecule has 0 aliphatic carbocycles. The molecule has 4 rings (SSSR count). The highest BCUT2D eigenvalue weighted by atomic mass is 16.5. The first-order valence-electron chi connectivity index (χ1n) is 8.60. The van der Waals surface area contributed by atoms with Gasteiger partial charge in [-0.3, -0.25) is 0 Å². The average Bonchev–Trinajstić information content (AvgIpc) is 3.12. The Morgan fingerprint density at radius 1 is 1.00 bits per heavy atom. The Hall–Kier alpha value is -3.11. The highest BCUT2D eigenvalue weighted by Crippen LogP contribution is 2.33. The second-order valence-corrected chi connectivity index (χ2v) is 6.29. The highest BCUT2D eigenvalue weighted by Gasteiger charge is 2.19. The number of benzene rings is 2. The molecule has 2 N–H and O–H groups in total. The van der Waals surface area contributed by atoms with Crippen LogP contribution in [0, 0.1) is 6.92 Å². The molecule has 4 heteroatoms. The van der Waals surface area contributed by atoms with Gasteiger partial charge in [0, 0.05) is 23.3 Å². The fourth-order valence-electron chi connectivity index (χ4n) is 3.19. The lowest BCUT2D eigenvalue weighted by atomic mass is 9.97. The van der Waals surface area contributed by atoms with Gasteiger partial charge >= 0.3 is 0 Å². The molecular weight excluding hydrogens is 324 g/mol. The van der Waals surface area contributed by atoms with Crippen molar-refractivity contribution in [3.63, 3.8) is 0 Å². The van der Waals surface area contributed by atoms with Crippen LogP contribution in [0.4, 0.5) is 0 Å². The van der Waals surface area contributed by atoms with Gasteiger partial charge < -0.3 is 14.8 Å². The number of aromatic nitrogens is 2. The van der Waals surface area contributed by atoms with Crippen LogP contribution in [-0.4, -0.2) is 15.1 Å². The van der Waals surface area contributed by atoms with E-state index in [1.807, 2.05) is 73.8 Å². The van der Waals surface area contributed by atoms with Crippen LogP contribution < -0.4 is 4.74 Å². The predicted octanol–water partition coefficient (Wildman–Crippen LogP) is 4.53. The molecule has 0 saturated carbocycles. The summed E-state index contributed by atoms with van der Waals surface area (Å²) in [7, 11) is 0. The number of nitrogens with one attached hydrogen (secondary N) is 1. The van der Waals surface area contributed by atoms with Gasteiger partial charge in [0.1, 0.15) is 24.1 Å². The Morgan fingerprint density at radius 3 is 2.69 bits per heavy atom. The largest absolute Gasteiger partial charge is 0.489 e. The molecular formula is C22H20N2O2. The molecule has 2 heterocycles. The molecule has 4 aromatic rings. The zero-order valence-corrected chi connectivity index (χ0v) is 14.5. The first-order chi connectivity index (χ1) is 12.7. The summed E-state index contributed by atoms with van der Waals surface area (Å²) >= 11 is 0. The zero-order valence-electron chi connectivity index (χ0n) is 14.5. The Labute approximate surface area is 152 Å². The van der Waals surface area contributed by atoms with Gasteiger partial charge in [0.2, 0.25) is 0 Å². The van der Waals surface area contributed by atoms with E-state index in [-0.39, 0.29) is 0 Å². The Bertz CT molecular complexity index is 1020. The number of aromatic amines is 1. The van der Waals surface area contributed by atoms with Gasteiger partial charge in [-0.25, -0.2) is 4.98 Å². The van der Waals surface area contributed by atoms with Gasteiger partial charge in [0.15, 0.2) is 0 Å². The first kappa shape index (κ1) is 16.4. The van der Waals surface area contributed by atoms with Crippen LogP contribution in [0.2, 0.25) is 0 Å². The van der Waals surface area contributed by atoms with Crippen LogP contribution in [0.1, 0.15) is 28.4 Å². The third kappa shape index (κ3) is 3.07. The third-order valence-corrected chi connectivity index (χ3v) is 4.64. The van der Waals surface area contributed by atoms with E-state index < -0.39 is 6.10 Å². The molecule has 0 bridgehead atoms. The number of hydrogen-bond donors (Lipinski definition) is 2. The fourth-order valence-corrected chi connectivity index (χ4v) is 3.19. The second kappa shape index (κ2) is 7.02. The van der Waals surface area contributed by atoms with Crippen molar-refractivity contribution in [2.45, 2.75) is 19.6 Å². The summed E-state index contributed by atoms with van der Waals surface area (Å²) in [6, 6.07) is 19.7. The number of aliphatic hydroxyl groups excluding tert-OH is 1. The lowest BCUT2D eigenvalue weighted by Gasteiger charge is -2.17. The van der Waals surface area contributed by atoms with Crippen LogP contribution in [0.25, 0.3) is 11.0 Å². The van der Waals surface area contributed by atoms with Crippen molar-refractivity contribution in [2.75, 3.05) is 0 Å². The number of fused-ring (bicyclic) bond motifs is 1. The fraction of sp³-hybridized carbons (Fsp3) is 0.136. The van der Waals surface area contributed by atoms with Gasteiger partial charge in [0.25, 0.3) is 0 Å². The number of rotatable bonds is 5. The monoisotopic (exact) mass is 344 g/mol. The van der Waals surface area contributed by atoms with Crippen molar-refractivity contribution in [3.05, 3.63) is 95.3 Å². The summed E-state index contributed by atoms with van der Waals surface area (Å²) in [5, 5.41) is 11.9. The van der Waals surface area contributed by atoms with Gasteiger partial charge in [-0.05, 0) is 41.8 Å². The number of nitrogens with zero attached hydrogens (tertiary/aromatic N) is 1. The number of pyridine rings is 1. The molecule has 0 spiro atoms. The summed E-state index contributed by atoms with van der Waals surface area (Å²) < 4.78 is 5.99. The van der Waals surface area contributed by atoms with Crippen LogP contribution in [0.3, 0.4) is 0 Å². The molecule has 0 fully saturated rings. The van der Waals surface area contributed by atoms with Crippen molar-refractivity contribution in [3.8, 4) is 5.75 Å². The first-order valence-corrected chi connectivity index (χ1v) is 8.60. The molecule has 0 amide bonds. The molecule has 130 valence electrons. The maximum atomic E-state index is 11.0. The van der Waals surface area contributed by atoms with E-state index in [4.69, 9.17) is 4.74 Å². The molecule has 2 aromatic carbocycles. The van der Waals surface area contributed by atoms with E-state index in [0.717, 1.165) is 39.0 Å². The lowest BCUT2D eigenvalue weighted by Crippen LogP contribution is -2.04. The number of ether oxygens (including phenoxy) is 1. The van der Waals surface area contributed by atoms with E-state index in [9.17, 15) is 5.11 Å². The maximum absolute atomic E-state index is 11.0. The minimum absolute atomic E-state index is 0.498. The molecule has 2 aromatic heterocycles. The van der Waals surface area contributed by atoms with Crippen molar-refractivity contribution in [1.29, 1.82) is 0 Å². The Balaban J connectivity index is 1.62. The third-order valence-electron chi connectivity index (χ3n) is 4.64. The van der Waals surface area contributed by atoms with Crippen LogP contribution >= 0.6 is 0 Å². The smallest absolute Gasteiger partial charge is 0.137 e. The van der Waals surface area contributed by atoms with Gasteiger partial charge in [-0.1, -0.05) is 42.5 Å². The van der Waals surface area contributed by atoms with Crippen molar-refractivity contribution in [2.24, 2.45) is 0 Å². The van der Waals surface area contributed by atoms with E-state index in [1.165, 1.54) is 0 Å². The second-order valence-electron chi connectivity index (χ2n) is 6.29. The average molecular weight is 344 g/mol. The summed E-state index contributed by atoms with van der Waals surface area (Å²) in [4.78, 5) is 7.41.